The van der Waals surface area contributed by atoms with Crippen LogP contribution in [0.15, 0.2) is 41.0 Å². The molecule has 0 saturated carbocycles. The molecule has 0 saturated heterocycles. The summed E-state index contributed by atoms with van der Waals surface area (Å²) < 4.78 is 0. The van der Waals surface area contributed by atoms with E-state index in [2.05, 4.69) is 0 Å². The summed E-state index contributed by atoms with van der Waals surface area (Å²) in [5.74, 6) is 0.167. The lowest BCUT2D eigenvalue weighted by atomic mass is 9.85. The fourth-order valence-electron chi connectivity index (χ4n) is 2.72. The maximum absolute atomic E-state index is 12.5. The Labute approximate surface area is 116 Å². The molecule has 0 N–H and O–H groups in total. The number of rotatable bonds is 0. The third kappa shape index (κ3) is 2.02. The molecular formula is C15H12Cl2O. The van der Waals surface area contributed by atoms with E-state index in [1.807, 2.05) is 24.3 Å². The number of halogens is 2. The quantitative estimate of drug-likeness (QED) is 0.681. The van der Waals surface area contributed by atoms with Crippen molar-refractivity contribution in [1.82, 2.24) is 0 Å². The standard InChI is InChI=1S/C15H12Cl2O/c16-11-3-5-13-9(7-11)1-2-10-8-12(17)4-6-14(10)15(13)18/h3-5,7-8,14H,1-2,6H2/t14-/m0/s1. The number of ketones is 1. The molecule has 0 aliphatic heterocycles. The minimum Gasteiger partial charge on any atom is -0.293 e. The number of benzene rings is 1. The number of carbonyl (C=O) groups excluding carboxylic acids is 1. The molecular weight excluding hydrogens is 267 g/mol. The molecule has 1 aromatic carbocycles. The molecule has 2 aliphatic carbocycles. The number of hydrogen-bond donors (Lipinski definition) is 0. The van der Waals surface area contributed by atoms with Gasteiger partial charge in [0.2, 0.25) is 0 Å². The first-order valence-corrected chi connectivity index (χ1v) is 6.79. The number of fused-ring (bicyclic) bond motifs is 2. The molecule has 18 heavy (non-hydrogen) atoms. The lowest BCUT2D eigenvalue weighted by Gasteiger charge is -2.19. The highest BCUT2D eigenvalue weighted by Crippen LogP contribution is 2.36. The Balaban J connectivity index is 2.06. The fraction of sp³-hybridized carbons (Fsp3) is 0.267. The average Bonchev–Trinajstić information content (AvgIpc) is 2.47. The largest absolute Gasteiger partial charge is 0.293 e. The minimum absolute atomic E-state index is 0.0325. The van der Waals surface area contributed by atoms with Gasteiger partial charge in [-0.25, -0.2) is 0 Å². The van der Waals surface area contributed by atoms with Crippen LogP contribution in [0.3, 0.4) is 0 Å². The Morgan fingerprint density at radius 3 is 2.83 bits per heavy atom. The summed E-state index contributed by atoms with van der Waals surface area (Å²) in [5.41, 5.74) is 3.03. The Kier molecular flexibility index (Phi) is 3.04. The zero-order chi connectivity index (χ0) is 12.7. The second-order valence-corrected chi connectivity index (χ2v) is 5.64. The van der Waals surface area contributed by atoms with Gasteiger partial charge in [-0.05, 0) is 49.1 Å². The predicted octanol–water partition coefficient (Wildman–Crippen LogP) is 4.54. The topological polar surface area (TPSA) is 17.1 Å². The summed E-state index contributed by atoms with van der Waals surface area (Å²) in [6, 6.07) is 5.54. The molecule has 2 aliphatic rings. The highest BCUT2D eigenvalue weighted by molar-refractivity contribution is 6.31. The molecule has 0 unspecified atom stereocenters. The third-order valence-corrected chi connectivity index (χ3v) is 4.15. The van der Waals surface area contributed by atoms with Crippen LogP contribution in [0.25, 0.3) is 0 Å². The molecule has 1 aromatic rings. The first kappa shape index (κ1) is 12.0. The average molecular weight is 279 g/mol. The lowest BCUT2D eigenvalue weighted by molar-refractivity contribution is 0.0940. The number of Topliss-reactive ketones (excluding diaryl/α,β-unsaturated/α-hetero) is 1. The van der Waals surface area contributed by atoms with E-state index >= 15 is 0 Å². The van der Waals surface area contributed by atoms with Crippen LogP contribution in [0.4, 0.5) is 0 Å². The van der Waals surface area contributed by atoms with Crippen LogP contribution < -0.4 is 0 Å². The van der Waals surface area contributed by atoms with Gasteiger partial charge in [0.15, 0.2) is 5.78 Å². The van der Waals surface area contributed by atoms with Crippen LogP contribution in [0.1, 0.15) is 28.8 Å². The van der Waals surface area contributed by atoms with Crippen molar-refractivity contribution < 1.29 is 4.79 Å². The van der Waals surface area contributed by atoms with Crippen molar-refractivity contribution >= 4 is 29.0 Å². The van der Waals surface area contributed by atoms with Gasteiger partial charge in [0.1, 0.15) is 0 Å². The van der Waals surface area contributed by atoms with Crippen molar-refractivity contribution in [2.24, 2.45) is 5.92 Å². The number of carbonyl (C=O) groups is 1. The molecule has 92 valence electrons. The Bertz CT molecular complexity index is 584. The van der Waals surface area contributed by atoms with Crippen LogP contribution in [-0.4, -0.2) is 5.78 Å². The molecule has 1 atom stereocenters. The molecule has 3 heteroatoms. The second-order valence-electron chi connectivity index (χ2n) is 4.76. The predicted molar refractivity (Wildman–Crippen MR) is 74.2 cm³/mol. The van der Waals surface area contributed by atoms with Crippen molar-refractivity contribution in [3.63, 3.8) is 0 Å². The van der Waals surface area contributed by atoms with Crippen molar-refractivity contribution in [3.05, 3.63) is 57.1 Å². The van der Waals surface area contributed by atoms with Crippen LogP contribution in [-0.2, 0) is 6.42 Å². The van der Waals surface area contributed by atoms with E-state index in [9.17, 15) is 4.79 Å². The van der Waals surface area contributed by atoms with Crippen molar-refractivity contribution in [2.45, 2.75) is 19.3 Å². The molecule has 0 heterocycles. The van der Waals surface area contributed by atoms with E-state index < -0.39 is 0 Å². The first-order chi connectivity index (χ1) is 8.65. The second kappa shape index (κ2) is 4.56. The van der Waals surface area contributed by atoms with Crippen LogP contribution in [0.2, 0.25) is 5.02 Å². The van der Waals surface area contributed by atoms with Gasteiger partial charge in [-0.2, -0.15) is 0 Å². The fourth-order valence-corrected chi connectivity index (χ4v) is 3.14. The number of allylic oxidation sites excluding steroid dienone is 4. The van der Waals surface area contributed by atoms with Crippen LogP contribution in [0, 0.1) is 5.92 Å². The highest BCUT2D eigenvalue weighted by Gasteiger charge is 2.29. The maximum atomic E-state index is 12.5. The van der Waals surface area contributed by atoms with Crippen LogP contribution in [0.5, 0.6) is 0 Å². The van der Waals surface area contributed by atoms with Gasteiger partial charge < -0.3 is 0 Å². The van der Waals surface area contributed by atoms with E-state index in [0.29, 0.717) is 11.4 Å². The summed E-state index contributed by atoms with van der Waals surface area (Å²) in [5, 5.41) is 1.44. The normalized spacial score (nSPS) is 22.6. The number of aryl methyl sites for hydroxylation is 1. The molecule has 0 fully saturated rings. The summed E-state index contributed by atoms with van der Waals surface area (Å²) in [6.07, 6.45) is 6.32. The summed E-state index contributed by atoms with van der Waals surface area (Å²) in [4.78, 5) is 12.5. The van der Waals surface area contributed by atoms with Crippen LogP contribution >= 0.6 is 23.2 Å². The third-order valence-electron chi connectivity index (χ3n) is 3.65. The molecule has 0 amide bonds. The van der Waals surface area contributed by atoms with Gasteiger partial charge in [-0.15, -0.1) is 0 Å². The highest BCUT2D eigenvalue weighted by atomic mass is 35.5. The SMILES string of the molecule is O=C1c2ccc(Cl)cc2CCC2=CC(Cl)=CC[C@H]12. The van der Waals surface area contributed by atoms with Gasteiger partial charge >= 0.3 is 0 Å². The van der Waals surface area contributed by atoms with E-state index in [0.717, 1.165) is 34.6 Å². The summed E-state index contributed by atoms with van der Waals surface area (Å²) >= 11 is 12.0. The lowest BCUT2D eigenvalue weighted by Crippen LogP contribution is -2.17. The summed E-state index contributed by atoms with van der Waals surface area (Å²) in [6.45, 7) is 0. The minimum atomic E-state index is -0.0325. The van der Waals surface area contributed by atoms with Gasteiger partial charge in [-0.3, -0.25) is 4.79 Å². The molecule has 0 radical (unpaired) electrons. The van der Waals surface area contributed by atoms with E-state index in [1.54, 1.807) is 6.07 Å². The van der Waals surface area contributed by atoms with Gasteiger partial charge in [-0.1, -0.05) is 34.9 Å². The zero-order valence-electron chi connectivity index (χ0n) is 9.75. The monoisotopic (exact) mass is 278 g/mol. The smallest absolute Gasteiger partial charge is 0.170 e. The van der Waals surface area contributed by atoms with Gasteiger partial charge in [0.25, 0.3) is 0 Å². The summed E-state index contributed by atoms with van der Waals surface area (Å²) in [7, 11) is 0. The van der Waals surface area contributed by atoms with E-state index in [1.165, 1.54) is 0 Å². The van der Waals surface area contributed by atoms with Gasteiger partial charge in [0.05, 0.1) is 0 Å². The number of hydrogen-bond acceptors (Lipinski definition) is 1. The maximum Gasteiger partial charge on any atom is 0.170 e. The molecule has 0 spiro atoms. The molecule has 0 aromatic heterocycles. The Morgan fingerprint density at radius 2 is 2.00 bits per heavy atom. The van der Waals surface area contributed by atoms with Crippen molar-refractivity contribution in [2.75, 3.05) is 0 Å². The zero-order valence-corrected chi connectivity index (χ0v) is 11.3. The van der Waals surface area contributed by atoms with Gasteiger partial charge in [0, 0.05) is 21.5 Å². The molecule has 0 bridgehead atoms. The first-order valence-electron chi connectivity index (χ1n) is 6.04. The van der Waals surface area contributed by atoms with E-state index in [-0.39, 0.29) is 11.7 Å². The Morgan fingerprint density at radius 1 is 1.17 bits per heavy atom. The molecule has 1 nitrogen and oxygen atoms in total. The van der Waals surface area contributed by atoms with E-state index in [4.69, 9.17) is 23.2 Å². The Hall–Kier alpha value is -1.05. The van der Waals surface area contributed by atoms with Crippen molar-refractivity contribution in [1.29, 1.82) is 0 Å². The van der Waals surface area contributed by atoms with Crippen molar-refractivity contribution in [3.8, 4) is 0 Å². The molecule has 3 rings (SSSR count).